The molecule has 0 spiro atoms. The summed E-state index contributed by atoms with van der Waals surface area (Å²) >= 11 is 3.54. The highest BCUT2D eigenvalue weighted by atomic mass is 79.9. The van der Waals surface area contributed by atoms with E-state index in [2.05, 4.69) is 41.9 Å². The van der Waals surface area contributed by atoms with E-state index in [1.807, 2.05) is 25.1 Å². The highest BCUT2D eigenvalue weighted by molar-refractivity contribution is 9.09. The monoisotopic (exact) mass is 326 g/mol. The molecule has 0 aliphatic rings. The lowest BCUT2D eigenvalue weighted by molar-refractivity contribution is -0.150. The van der Waals surface area contributed by atoms with Crippen molar-refractivity contribution in [1.82, 2.24) is 0 Å². The van der Waals surface area contributed by atoms with Crippen LogP contribution in [0.5, 0.6) is 0 Å². The molecule has 0 N–H and O–H groups in total. The van der Waals surface area contributed by atoms with Gasteiger partial charge in [0.1, 0.15) is 0 Å². The van der Waals surface area contributed by atoms with Crippen LogP contribution in [0.1, 0.15) is 26.3 Å². The van der Waals surface area contributed by atoms with Gasteiger partial charge in [-0.15, -0.1) is 0 Å². The number of alkyl halides is 1. The van der Waals surface area contributed by atoms with Gasteiger partial charge >= 0.3 is 5.97 Å². The Labute approximate surface area is 124 Å². The second kappa shape index (κ2) is 8.36. The van der Waals surface area contributed by atoms with Gasteiger partial charge in [0.15, 0.2) is 0 Å². The van der Waals surface area contributed by atoms with Gasteiger partial charge in [-0.2, -0.15) is 0 Å². The van der Waals surface area contributed by atoms with Gasteiger partial charge < -0.3 is 4.74 Å². The first-order valence-electron chi connectivity index (χ1n) is 6.86. The van der Waals surface area contributed by atoms with Crippen molar-refractivity contribution in [2.75, 3.05) is 11.9 Å². The minimum atomic E-state index is -0.0817. The van der Waals surface area contributed by atoms with E-state index in [4.69, 9.17) is 4.74 Å². The summed E-state index contributed by atoms with van der Waals surface area (Å²) in [7, 11) is 0. The van der Waals surface area contributed by atoms with Gasteiger partial charge in [0.2, 0.25) is 0 Å². The molecule has 0 radical (unpaired) electrons. The van der Waals surface area contributed by atoms with Crippen LogP contribution in [-0.4, -0.2) is 17.9 Å². The van der Waals surface area contributed by atoms with E-state index in [9.17, 15) is 4.79 Å². The number of carbonyl (C=O) groups excluding carboxylic acids is 1. The summed E-state index contributed by atoms with van der Waals surface area (Å²) in [6, 6.07) is 10.1. The van der Waals surface area contributed by atoms with Crippen LogP contribution in [-0.2, 0) is 16.0 Å². The Bertz CT molecular complexity index is 376. The highest BCUT2D eigenvalue weighted by Crippen LogP contribution is 2.27. The van der Waals surface area contributed by atoms with Crippen molar-refractivity contribution < 1.29 is 9.53 Å². The van der Waals surface area contributed by atoms with Crippen LogP contribution in [0.4, 0.5) is 0 Å². The fraction of sp³-hybridized carbons (Fsp3) is 0.562. The fourth-order valence-corrected chi connectivity index (χ4v) is 3.48. The van der Waals surface area contributed by atoms with E-state index in [0.717, 1.165) is 11.8 Å². The van der Waals surface area contributed by atoms with Crippen molar-refractivity contribution in [3.8, 4) is 0 Å². The Morgan fingerprint density at radius 1 is 1.26 bits per heavy atom. The topological polar surface area (TPSA) is 26.3 Å². The SMILES string of the molecule is CCOC(=O)[C@@H](Cc1ccccc1)C(CBr)C(C)C. The third kappa shape index (κ3) is 4.98. The molecule has 0 amide bonds. The van der Waals surface area contributed by atoms with Crippen molar-refractivity contribution in [3.63, 3.8) is 0 Å². The largest absolute Gasteiger partial charge is 0.466 e. The summed E-state index contributed by atoms with van der Waals surface area (Å²) < 4.78 is 5.25. The standard InChI is InChI=1S/C16H23BrO2/c1-4-19-16(18)14(15(11-17)12(2)3)10-13-8-6-5-7-9-13/h5-9,12,14-15H,4,10-11H2,1-3H3/t14-,15?/m0/s1. The summed E-state index contributed by atoms with van der Waals surface area (Å²) in [5.41, 5.74) is 1.19. The average Bonchev–Trinajstić information content (AvgIpc) is 2.39. The summed E-state index contributed by atoms with van der Waals surface area (Å²) in [6.07, 6.45) is 0.744. The first-order valence-corrected chi connectivity index (χ1v) is 7.98. The van der Waals surface area contributed by atoms with Crippen LogP contribution in [0.2, 0.25) is 0 Å². The fourth-order valence-electron chi connectivity index (χ4n) is 2.28. The van der Waals surface area contributed by atoms with E-state index < -0.39 is 0 Å². The van der Waals surface area contributed by atoms with E-state index >= 15 is 0 Å². The number of carbonyl (C=O) groups is 1. The lowest BCUT2D eigenvalue weighted by atomic mass is 9.81. The normalized spacial score (nSPS) is 14.2. The summed E-state index contributed by atoms with van der Waals surface area (Å²) in [6.45, 7) is 6.61. The summed E-state index contributed by atoms with van der Waals surface area (Å²) in [5, 5.41) is 0.820. The summed E-state index contributed by atoms with van der Waals surface area (Å²) in [5.74, 6) is 0.572. The molecule has 1 aromatic rings. The van der Waals surface area contributed by atoms with E-state index in [1.54, 1.807) is 0 Å². The second-order valence-electron chi connectivity index (χ2n) is 5.11. The lowest BCUT2D eigenvalue weighted by Crippen LogP contribution is -2.32. The Balaban J connectivity index is 2.88. The quantitative estimate of drug-likeness (QED) is 0.557. The molecule has 1 rings (SSSR count). The van der Waals surface area contributed by atoms with Crippen molar-refractivity contribution in [1.29, 1.82) is 0 Å². The molecular weight excluding hydrogens is 304 g/mol. The number of benzene rings is 1. The third-order valence-corrected chi connectivity index (χ3v) is 4.19. The molecule has 0 saturated heterocycles. The van der Waals surface area contributed by atoms with Crippen molar-refractivity contribution >= 4 is 21.9 Å². The highest BCUT2D eigenvalue weighted by Gasteiger charge is 2.31. The van der Waals surface area contributed by atoms with Gasteiger partial charge in [-0.05, 0) is 30.7 Å². The zero-order valence-corrected chi connectivity index (χ0v) is 13.5. The molecule has 2 atom stereocenters. The third-order valence-electron chi connectivity index (χ3n) is 3.44. The van der Waals surface area contributed by atoms with Gasteiger partial charge in [-0.1, -0.05) is 60.1 Å². The zero-order valence-electron chi connectivity index (χ0n) is 11.9. The summed E-state index contributed by atoms with van der Waals surface area (Å²) in [4.78, 5) is 12.2. The van der Waals surface area contributed by atoms with Gasteiger partial charge in [0.25, 0.3) is 0 Å². The molecule has 1 aromatic carbocycles. The van der Waals surface area contributed by atoms with Crippen LogP contribution in [0.15, 0.2) is 30.3 Å². The molecule has 19 heavy (non-hydrogen) atoms. The van der Waals surface area contributed by atoms with Crippen LogP contribution in [0.3, 0.4) is 0 Å². The maximum atomic E-state index is 12.2. The molecule has 3 heteroatoms. The van der Waals surface area contributed by atoms with Crippen molar-refractivity contribution in [3.05, 3.63) is 35.9 Å². The molecule has 2 nitrogen and oxygen atoms in total. The number of rotatable bonds is 7. The molecule has 0 aliphatic heterocycles. The van der Waals surface area contributed by atoms with Gasteiger partial charge in [-0.25, -0.2) is 0 Å². The minimum Gasteiger partial charge on any atom is -0.466 e. The van der Waals surface area contributed by atoms with E-state index in [-0.39, 0.29) is 11.9 Å². The molecule has 0 saturated carbocycles. The van der Waals surface area contributed by atoms with Crippen LogP contribution < -0.4 is 0 Å². The first kappa shape index (κ1) is 16.2. The molecule has 0 bridgehead atoms. The molecule has 0 heterocycles. The lowest BCUT2D eigenvalue weighted by Gasteiger charge is -2.27. The maximum absolute atomic E-state index is 12.2. The first-order chi connectivity index (χ1) is 9.10. The van der Waals surface area contributed by atoms with Crippen LogP contribution >= 0.6 is 15.9 Å². The van der Waals surface area contributed by atoms with Gasteiger partial charge in [-0.3, -0.25) is 4.79 Å². The Kier molecular flexibility index (Phi) is 7.14. The number of esters is 1. The van der Waals surface area contributed by atoms with E-state index in [1.165, 1.54) is 5.56 Å². The molecule has 0 aromatic heterocycles. The maximum Gasteiger partial charge on any atom is 0.309 e. The van der Waals surface area contributed by atoms with E-state index in [0.29, 0.717) is 18.4 Å². The van der Waals surface area contributed by atoms with Crippen molar-refractivity contribution in [2.24, 2.45) is 17.8 Å². The Morgan fingerprint density at radius 3 is 2.37 bits per heavy atom. The number of halogens is 1. The number of hydrogen-bond acceptors (Lipinski definition) is 2. The molecule has 106 valence electrons. The number of ether oxygens (including phenoxy) is 1. The van der Waals surface area contributed by atoms with Gasteiger partial charge in [0, 0.05) is 5.33 Å². The predicted octanol–water partition coefficient (Wildman–Crippen LogP) is 4.08. The Hall–Kier alpha value is -0.830. The number of hydrogen-bond donors (Lipinski definition) is 0. The minimum absolute atomic E-state index is 0.0792. The second-order valence-corrected chi connectivity index (χ2v) is 5.76. The molecule has 1 unspecified atom stereocenters. The average molecular weight is 327 g/mol. The smallest absolute Gasteiger partial charge is 0.309 e. The predicted molar refractivity (Wildman–Crippen MR) is 82.4 cm³/mol. The van der Waals surface area contributed by atoms with Crippen LogP contribution in [0.25, 0.3) is 0 Å². The molecule has 0 aliphatic carbocycles. The van der Waals surface area contributed by atoms with Crippen LogP contribution in [0, 0.1) is 17.8 Å². The molecular formula is C16H23BrO2. The zero-order chi connectivity index (χ0) is 14.3. The van der Waals surface area contributed by atoms with Gasteiger partial charge in [0.05, 0.1) is 12.5 Å². The Morgan fingerprint density at radius 2 is 1.89 bits per heavy atom. The molecule has 0 fully saturated rings. The van der Waals surface area contributed by atoms with Crippen molar-refractivity contribution in [2.45, 2.75) is 27.2 Å².